The topological polar surface area (TPSA) is 105 Å². The van der Waals surface area contributed by atoms with E-state index in [1.54, 1.807) is 0 Å². The highest BCUT2D eigenvalue weighted by atomic mass is 16.5. The number of carbonyl (C=O) groups is 1. The second-order valence-corrected chi connectivity index (χ2v) is 6.41. The average molecular weight is 367 g/mol. The van der Waals surface area contributed by atoms with Crippen LogP contribution >= 0.6 is 0 Å². The molecule has 1 heterocycles. The SMILES string of the molecule is CCC(C)/C=C(C)/C=C/C(=O)c1c([O-])c(-c2ccc([O-])cc2)cn(O)c1=O. The van der Waals surface area contributed by atoms with Crippen molar-refractivity contribution in [2.75, 3.05) is 0 Å². The Kier molecular flexibility index (Phi) is 6.23. The summed E-state index contributed by atoms with van der Waals surface area (Å²) in [7, 11) is 0. The van der Waals surface area contributed by atoms with Crippen LogP contribution in [0.5, 0.6) is 11.5 Å². The van der Waals surface area contributed by atoms with E-state index in [1.165, 1.54) is 30.3 Å². The first-order valence-electron chi connectivity index (χ1n) is 8.58. The summed E-state index contributed by atoms with van der Waals surface area (Å²) in [5.41, 5.74) is -0.609. The van der Waals surface area contributed by atoms with Gasteiger partial charge in [0.05, 0.1) is 11.8 Å². The summed E-state index contributed by atoms with van der Waals surface area (Å²) in [6, 6.07) is 5.30. The number of benzene rings is 1. The van der Waals surface area contributed by atoms with Gasteiger partial charge < -0.3 is 15.4 Å². The maximum atomic E-state index is 12.7. The summed E-state index contributed by atoms with van der Waals surface area (Å²) in [5, 5.41) is 33.7. The van der Waals surface area contributed by atoms with Crippen molar-refractivity contribution in [3.05, 3.63) is 70.2 Å². The third-order valence-corrected chi connectivity index (χ3v) is 4.25. The minimum absolute atomic E-state index is 0.0410. The fourth-order valence-corrected chi connectivity index (χ4v) is 2.56. The molecule has 0 amide bonds. The molecule has 0 saturated carbocycles. The third kappa shape index (κ3) is 4.67. The van der Waals surface area contributed by atoms with Gasteiger partial charge in [0.2, 0.25) is 0 Å². The van der Waals surface area contributed by atoms with Crippen LogP contribution in [0.3, 0.4) is 0 Å². The molecule has 1 aromatic carbocycles. The van der Waals surface area contributed by atoms with Crippen LogP contribution in [0.4, 0.5) is 0 Å². The molecule has 1 atom stereocenters. The highest BCUT2D eigenvalue weighted by Crippen LogP contribution is 2.29. The van der Waals surface area contributed by atoms with E-state index in [4.69, 9.17) is 0 Å². The van der Waals surface area contributed by atoms with Crippen LogP contribution in [0, 0.1) is 5.92 Å². The number of hydrogen-bond donors (Lipinski definition) is 1. The monoisotopic (exact) mass is 367 g/mol. The summed E-state index contributed by atoms with van der Waals surface area (Å²) in [6.45, 7) is 5.90. The molecule has 0 aliphatic carbocycles. The third-order valence-electron chi connectivity index (χ3n) is 4.25. The van der Waals surface area contributed by atoms with Crippen molar-refractivity contribution < 1.29 is 20.2 Å². The van der Waals surface area contributed by atoms with E-state index in [-0.39, 0.29) is 16.0 Å². The van der Waals surface area contributed by atoms with Crippen molar-refractivity contribution in [1.82, 2.24) is 4.73 Å². The lowest BCUT2D eigenvalue weighted by molar-refractivity contribution is -0.269. The van der Waals surface area contributed by atoms with Crippen LogP contribution in [0.25, 0.3) is 11.1 Å². The molecule has 2 rings (SSSR count). The van der Waals surface area contributed by atoms with E-state index >= 15 is 0 Å². The van der Waals surface area contributed by atoms with Crippen molar-refractivity contribution in [3.63, 3.8) is 0 Å². The van der Waals surface area contributed by atoms with Crippen molar-refractivity contribution >= 4 is 5.78 Å². The van der Waals surface area contributed by atoms with E-state index < -0.39 is 22.7 Å². The van der Waals surface area contributed by atoms with Gasteiger partial charge in [0.1, 0.15) is 0 Å². The first-order chi connectivity index (χ1) is 12.7. The fourth-order valence-electron chi connectivity index (χ4n) is 2.56. The first-order valence-corrected chi connectivity index (χ1v) is 8.58. The van der Waals surface area contributed by atoms with E-state index in [0.29, 0.717) is 11.5 Å². The van der Waals surface area contributed by atoms with Crippen LogP contribution in [0.15, 0.2) is 59.1 Å². The minimum atomic E-state index is -1.08. The van der Waals surface area contributed by atoms with Crippen LogP contribution in [0.2, 0.25) is 0 Å². The van der Waals surface area contributed by atoms with Gasteiger partial charge in [-0.3, -0.25) is 9.59 Å². The summed E-state index contributed by atoms with van der Waals surface area (Å²) in [6.07, 6.45) is 6.56. The number of rotatable bonds is 6. The number of allylic oxidation sites excluding steroid dienone is 4. The molecule has 0 spiro atoms. The van der Waals surface area contributed by atoms with E-state index in [1.807, 2.05) is 26.8 Å². The molecule has 0 radical (unpaired) electrons. The highest BCUT2D eigenvalue weighted by Gasteiger charge is 2.15. The van der Waals surface area contributed by atoms with Gasteiger partial charge in [-0.25, -0.2) is 0 Å². The van der Waals surface area contributed by atoms with E-state index in [2.05, 4.69) is 0 Å². The van der Waals surface area contributed by atoms with Crippen LogP contribution < -0.4 is 15.8 Å². The molecule has 0 aliphatic rings. The van der Waals surface area contributed by atoms with Gasteiger partial charge in [-0.1, -0.05) is 68.0 Å². The lowest BCUT2D eigenvalue weighted by Crippen LogP contribution is -2.26. The smallest absolute Gasteiger partial charge is 0.293 e. The molecule has 142 valence electrons. The molecule has 1 unspecified atom stereocenters. The molecule has 6 nitrogen and oxygen atoms in total. The Labute approximate surface area is 157 Å². The number of aromatic nitrogens is 1. The number of hydrogen-bond acceptors (Lipinski definition) is 5. The second kappa shape index (κ2) is 8.40. The number of carbonyl (C=O) groups excluding carboxylic acids is 1. The lowest BCUT2D eigenvalue weighted by atomic mass is 10.0. The van der Waals surface area contributed by atoms with Gasteiger partial charge in [-0.15, -0.1) is 5.75 Å². The Morgan fingerprint density at radius 3 is 2.44 bits per heavy atom. The van der Waals surface area contributed by atoms with Crippen molar-refractivity contribution in [2.45, 2.75) is 27.2 Å². The molecule has 0 bridgehead atoms. The van der Waals surface area contributed by atoms with E-state index in [0.717, 1.165) is 24.3 Å². The van der Waals surface area contributed by atoms with Gasteiger partial charge in [0.25, 0.3) is 5.56 Å². The molecule has 0 aliphatic heterocycles. The summed E-state index contributed by atoms with van der Waals surface area (Å²) in [5.74, 6) is -1.48. The van der Waals surface area contributed by atoms with Crippen LogP contribution in [0.1, 0.15) is 37.6 Å². The van der Waals surface area contributed by atoms with Gasteiger partial charge in [-0.2, -0.15) is 4.73 Å². The highest BCUT2D eigenvalue weighted by molar-refractivity contribution is 6.07. The normalized spacial score (nSPS) is 13.1. The van der Waals surface area contributed by atoms with Crippen molar-refractivity contribution in [2.24, 2.45) is 5.92 Å². The van der Waals surface area contributed by atoms with Gasteiger partial charge >= 0.3 is 0 Å². The summed E-state index contributed by atoms with van der Waals surface area (Å²) < 4.78 is 0.213. The molecular formula is C21H21NO5-2. The number of nitrogens with zero attached hydrogens (tertiary/aromatic N) is 1. The number of ketones is 1. The van der Waals surface area contributed by atoms with Crippen molar-refractivity contribution in [3.8, 4) is 22.6 Å². The molecule has 0 fully saturated rings. The maximum Gasteiger partial charge on any atom is 0.293 e. The fraction of sp³-hybridized carbons (Fsp3) is 0.238. The summed E-state index contributed by atoms with van der Waals surface area (Å²) >= 11 is 0. The van der Waals surface area contributed by atoms with Gasteiger partial charge in [-0.05, 0) is 30.0 Å². The van der Waals surface area contributed by atoms with Crippen LogP contribution in [-0.2, 0) is 0 Å². The number of pyridine rings is 1. The zero-order valence-corrected chi connectivity index (χ0v) is 15.4. The van der Waals surface area contributed by atoms with Gasteiger partial charge in [0.15, 0.2) is 5.78 Å². The molecule has 2 aromatic rings. The zero-order valence-electron chi connectivity index (χ0n) is 15.4. The molecule has 27 heavy (non-hydrogen) atoms. The predicted octanol–water partition coefficient (Wildman–Crippen LogP) is 2.63. The molecule has 1 aromatic heterocycles. The quantitative estimate of drug-likeness (QED) is 0.366. The maximum absolute atomic E-state index is 12.7. The van der Waals surface area contributed by atoms with Crippen LogP contribution in [-0.4, -0.2) is 15.7 Å². The van der Waals surface area contributed by atoms with Gasteiger partial charge in [0, 0.05) is 0 Å². The van der Waals surface area contributed by atoms with E-state index in [9.17, 15) is 25.0 Å². The van der Waals surface area contributed by atoms with Crippen molar-refractivity contribution in [1.29, 1.82) is 0 Å². The Morgan fingerprint density at radius 2 is 1.85 bits per heavy atom. The lowest BCUT2D eigenvalue weighted by Gasteiger charge is -2.18. The Hall–Kier alpha value is -3.28. The first kappa shape index (κ1) is 20.0. The molecule has 6 heteroatoms. The molecule has 1 N–H and O–H groups in total. The molecule has 0 saturated heterocycles. The average Bonchev–Trinajstić information content (AvgIpc) is 2.64. The Morgan fingerprint density at radius 1 is 1.22 bits per heavy atom. The minimum Gasteiger partial charge on any atom is -0.872 e. The Balaban J connectivity index is 2.47. The second-order valence-electron chi connectivity index (χ2n) is 6.41. The standard InChI is InChI=1S/C21H23NO5/c1-4-13(2)11-14(3)5-10-18(24)19-20(25)17(12-22(27)21(19)26)15-6-8-16(23)9-7-15/h5-13,23,25,27H,4H2,1-3H3/p-2/b10-5+,14-11+. The predicted molar refractivity (Wildman–Crippen MR) is 98.9 cm³/mol. The zero-order chi connectivity index (χ0) is 20.1. The Bertz CT molecular complexity index is 952. The molecular weight excluding hydrogens is 346 g/mol. The largest absolute Gasteiger partial charge is 0.872 e. The summed E-state index contributed by atoms with van der Waals surface area (Å²) in [4.78, 5) is 24.6.